The highest BCUT2D eigenvalue weighted by Gasteiger charge is 2.41. The van der Waals surface area contributed by atoms with Crippen molar-refractivity contribution in [1.29, 1.82) is 0 Å². The molecule has 0 saturated carbocycles. The lowest BCUT2D eigenvalue weighted by atomic mass is 10.9. The first-order chi connectivity index (χ1) is 7.31. The molecule has 0 aliphatic rings. The van der Waals surface area contributed by atoms with Crippen molar-refractivity contribution in [2.75, 3.05) is 21.3 Å². The minimum Gasteiger partial charge on any atom is -0.439 e. The molecule has 0 spiro atoms. The third kappa shape index (κ3) is 5.68. The molecule has 0 aromatic carbocycles. The Hall–Kier alpha value is 0.451. The SMILES string of the molecule is CO[Si](CC[Si](C)(O)O[SiH](C)C)(OC)OC. The molecule has 0 aliphatic heterocycles. The Balaban J connectivity index is 4.29. The summed E-state index contributed by atoms with van der Waals surface area (Å²) >= 11 is 0. The highest BCUT2D eigenvalue weighted by molar-refractivity contribution is 6.74. The van der Waals surface area contributed by atoms with Gasteiger partial charge in [-0.2, -0.15) is 0 Å². The summed E-state index contributed by atoms with van der Waals surface area (Å²) in [6, 6.07) is 1.18. The van der Waals surface area contributed by atoms with Gasteiger partial charge in [0.05, 0.1) is 0 Å². The molecule has 0 bridgehead atoms. The Bertz CT molecular complexity index is 188. The van der Waals surface area contributed by atoms with Crippen LogP contribution >= 0.6 is 0 Å². The Kier molecular flexibility index (Phi) is 7.21. The van der Waals surface area contributed by atoms with E-state index in [1.54, 1.807) is 27.9 Å². The Morgan fingerprint density at radius 2 is 1.44 bits per heavy atom. The molecule has 5 nitrogen and oxygen atoms in total. The standard InChI is InChI=1S/C8H24O5Si3/c1-10-16(11-2,12-3)8-7-15(6,9)13-14(4)5/h9,14H,7-8H2,1-6H3. The molecule has 0 amide bonds. The van der Waals surface area contributed by atoms with Crippen LogP contribution in [0.15, 0.2) is 0 Å². The maximum Gasteiger partial charge on any atom is 0.500 e. The van der Waals surface area contributed by atoms with Gasteiger partial charge in [-0.15, -0.1) is 0 Å². The van der Waals surface area contributed by atoms with Crippen molar-refractivity contribution >= 4 is 26.4 Å². The quantitative estimate of drug-likeness (QED) is 0.672. The van der Waals surface area contributed by atoms with E-state index in [2.05, 4.69) is 13.1 Å². The summed E-state index contributed by atoms with van der Waals surface area (Å²) in [6.45, 7) is 5.91. The Labute approximate surface area is 102 Å². The van der Waals surface area contributed by atoms with E-state index >= 15 is 0 Å². The zero-order valence-corrected chi connectivity index (χ0v) is 14.2. The summed E-state index contributed by atoms with van der Waals surface area (Å²) in [5.74, 6) is 0. The average Bonchev–Trinajstić information content (AvgIpc) is 2.19. The van der Waals surface area contributed by atoms with Gasteiger partial charge in [0, 0.05) is 27.4 Å². The predicted molar refractivity (Wildman–Crippen MR) is 70.2 cm³/mol. The predicted octanol–water partition coefficient (Wildman–Crippen LogP) is 0.929. The van der Waals surface area contributed by atoms with Gasteiger partial charge < -0.3 is 22.2 Å². The first kappa shape index (κ1) is 16.5. The summed E-state index contributed by atoms with van der Waals surface area (Å²) in [7, 11) is -1.61. The van der Waals surface area contributed by atoms with Crippen molar-refractivity contribution in [1.82, 2.24) is 0 Å². The van der Waals surface area contributed by atoms with Gasteiger partial charge >= 0.3 is 17.4 Å². The minimum atomic E-state index is -2.57. The minimum absolute atomic E-state index is 0.583. The van der Waals surface area contributed by atoms with E-state index in [0.29, 0.717) is 12.1 Å². The van der Waals surface area contributed by atoms with Crippen LogP contribution in [-0.4, -0.2) is 52.5 Å². The normalized spacial score (nSPS) is 16.5. The maximum absolute atomic E-state index is 10.1. The fourth-order valence-corrected chi connectivity index (χ4v) is 10.2. The number of hydrogen-bond donors (Lipinski definition) is 1. The van der Waals surface area contributed by atoms with Crippen molar-refractivity contribution < 1.29 is 22.2 Å². The molecule has 0 aliphatic carbocycles. The summed E-state index contributed by atoms with van der Waals surface area (Å²) in [5, 5.41) is 0. The summed E-state index contributed by atoms with van der Waals surface area (Å²) in [5.41, 5.74) is 0. The second-order valence-electron chi connectivity index (χ2n) is 4.14. The van der Waals surface area contributed by atoms with Crippen molar-refractivity contribution in [3.05, 3.63) is 0 Å². The lowest BCUT2D eigenvalue weighted by Crippen LogP contribution is -2.47. The maximum atomic E-state index is 10.1. The van der Waals surface area contributed by atoms with Crippen LogP contribution in [0, 0.1) is 0 Å². The van der Waals surface area contributed by atoms with E-state index < -0.39 is 26.4 Å². The lowest BCUT2D eigenvalue weighted by molar-refractivity contribution is 0.124. The zero-order valence-electron chi connectivity index (χ0n) is 11.1. The summed E-state index contributed by atoms with van der Waals surface area (Å²) in [4.78, 5) is 10.1. The molecule has 16 heavy (non-hydrogen) atoms. The van der Waals surface area contributed by atoms with Gasteiger partial charge in [0.1, 0.15) is 0 Å². The van der Waals surface area contributed by atoms with Gasteiger partial charge in [-0.3, -0.25) is 0 Å². The Morgan fingerprint density at radius 1 is 1.00 bits per heavy atom. The first-order valence-corrected chi connectivity index (χ1v) is 12.6. The summed E-state index contributed by atoms with van der Waals surface area (Å²) < 4.78 is 21.5. The molecule has 0 radical (unpaired) electrons. The van der Waals surface area contributed by atoms with Crippen molar-refractivity contribution in [3.8, 4) is 0 Å². The molecule has 0 fully saturated rings. The third-order valence-electron chi connectivity index (χ3n) is 2.32. The molecule has 0 heterocycles. The van der Waals surface area contributed by atoms with Gasteiger partial charge in [0.15, 0.2) is 9.04 Å². The van der Waals surface area contributed by atoms with Gasteiger partial charge in [0.2, 0.25) is 0 Å². The van der Waals surface area contributed by atoms with E-state index in [1.165, 1.54) is 0 Å². The number of rotatable bonds is 8. The third-order valence-corrected chi connectivity index (χ3v) is 10.6. The van der Waals surface area contributed by atoms with Crippen LogP contribution < -0.4 is 0 Å². The molecule has 1 unspecified atom stereocenters. The van der Waals surface area contributed by atoms with Gasteiger partial charge in [-0.05, 0) is 25.7 Å². The van der Waals surface area contributed by atoms with E-state index in [4.69, 9.17) is 17.4 Å². The van der Waals surface area contributed by atoms with Crippen LogP contribution in [0.25, 0.3) is 0 Å². The molecule has 0 aromatic rings. The number of hydrogen-bond acceptors (Lipinski definition) is 5. The van der Waals surface area contributed by atoms with E-state index in [1.807, 2.05) is 0 Å². The van der Waals surface area contributed by atoms with E-state index in [0.717, 1.165) is 0 Å². The van der Waals surface area contributed by atoms with Crippen molar-refractivity contribution in [2.24, 2.45) is 0 Å². The molecule has 0 rings (SSSR count). The van der Waals surface area contributed by atoms with Crippen LogP contribution in [0.4, 0.5) is 0 Å². The van der Waals surface area contributed by atoms with Crippen LogP contribution in [0.1, 0.15) is 0 Å². The van der Waals surface area contributed by atoms with Crippen LogP contribution in [0.2, 0.25) is 31.7 Å². The van der Waals surface area contributed by atoms with Crippen molar-refractivity contribution in [3.63, 3.8) is 0 Å². The second-order valence-corrected chi connectivity index (χ2v) is 13.1. The second kappa shape index (κ2) is 7.01. The summed E-state index contributed by atoms with van der Waals surface area (Å²) in [6.07, 6.45) is 0. The molecule has 0 aromatic heterocycles. The fraction of sp³-hybridized carbons (Fsp3) is 1.00. The molecule has 1 atom stereocenters. The lowest BCUT2D eigenvalue weighted by Gasteiger charge is -2.28. The molecule has 1 N–H and O–H groups in total. The van der Waals surface area contributed by atoms with Gasteiger partial charge in [0.25, 0.3) is 0 Å². The zero-order chi connectivity index (χ0) is 12.8. The van der Waals surface area contributed by atoms with Crippen LogP contribution in [-0.2, 0) is 17.4 Å². The molecule has 8 heteroatoms. The van der Waals surface area contributed by atoms with Crippen LogP contribution in [0.5, 0.6) is 0 Å². The largest absolute Gasteiger partial charge is 0.500 e. The topological polar surface area (TPSA) is 57.2 Å². The molecular formula is C8H24O5Si3. The van der Waals surface area contributed by atoms with Gasteiger partial charge in [-0.1, -0.05) is 0 Å². The molecular weight excluding hydrogens is 260 g/mol. The fourth-order valence-electron chi connectivity index (χ4n) is 1.51. The van der Waals surface area contributed by atoms with E-state index in [9.17, 15) is 4.80 Å². The highest BCUT2D eigenvalue weighted by atomic mass is 28.4. The monoisotopic (exact) mass is 284 g/mol. The smallest absolute Gasteiger partial charge is 0.439 e. The molecule has 0 saturated heterocycles. The molecule has 98 valence electrons. The van der Waals surface area contributed by atoms with E-state index in [-0.39, 0.29) is 0 Å². The van der Waals surface area contributed by atoms with Gasteiger partial charge in [-0.25, -0.2) is 0 Å². The first-order valence-electron chi connectivity index (χ1n) is 5.36. The Morgan fingerprint density at radius 3 is 1.75 bits per heavy atom. The van der Waals surface area contributed by atoms with Crippen molar-refractivity contribution in [2.45, 2.75) is 31.7 Å². The highest BCUT2D eigenvalue weighted by Crippen LogP contribution is 2.21. The average molecular weight is 285 g/mol. The van der Waals surface area contributed by atoms with Crippen LogP contribution in [0.3, 0.4) is 0 Å².